The number of benzene rings is 3. The van der Waals surface area contributed by atoms with Gasteiger partial charge in [-0.3, -0.25) is 9.52 Å². The molecule has 1 atom stereocenters. The first-order valence-electron chi connectivity index (χ1n) is 9.70. The molecule has 0 heterocycles. The van der Waals surface area contributed by atoms with Gasteiger partial charge in [0.2, 0.25) is 0 Å². The van der Waals surface area contributed by atoms with Crippen molar-refractivity contribution in [3.05, 3.63) is 84.2 Å². The van der Waals surface area contributed by atoms with Crippen LogP contribution in [-0.4, -0.2) is 20.4 Å². The molecule has 0 aliphatic carbocycles. The topological polar surface area (TPSA) is 84.5 Å². The predicted octanol–water partition coefficient (Wildman–Crippen LogP) is 4.73. The van der Waals surface area contributed by atoms with Crippen LogP contribution < -0.4 is 14.8 Å². The second-order valence-electron chi connectivity index (χ2n) is 6.93. The molecule has 0 aliphatic rings. The first-order valence-corrected chi connectivity index (χ1v) is 11.2. The Balaban J connectivity index is 1.67. The van der Waals surface area contributed by atoms with Gasteiger partial charge in [0.05, 0.1) is 10.6 Å². The van der Waals surface area contributed by atoms with E-state index in [1.54, 1.807) is 12.1 Å². The Morgan fingerprint density at radius 1 is 1.00 bits per heavy atom. The highest BCUT2D eigenvalue weighted by Gasteiger charge is 2.20. The normalized spacial score (nSPS) is 12.1. The Bertz CT molecular complexity index is 1150. The maximum absolute atomic E-state index is 13.7. The van der Waals surface area contributed by atoms with Crippen molar-refractivity contribution in [1.29, 1.82) is 0 Å². The molecule has 0 saturated heterocycles. The molecule has 0 radical (unpaired) electrons. The third-order valence-electron chi connectivity index (χ3n) is 4.51. The molecule has 1 amide bonds. The molecule has 3 rings (SSSR count). The van der Waals surface area contributed by atoms with E-state index in [2.05, 4.69) is 10.0 Å². The van der Waals surface area contributed by atoms with Crippen LogP contribution in [0.25, 0.3) is 0 Å². The van der Waals surface area contributed by atoms with Gasteiger partial charge in [0, 0.05) is 5.69 Å². The number of para-hydroxylation sites is 1. The zero-order valence-electron chi connectivity index (χ0n) is 17.1. The smallest absolute Gasteiger partial charge is 0.265 e. The van der Waals surface area contributed by atoms with Crippen molar-refractivity contribution in [3.8, 4) is 5.75 Å². The van der Waals surface area contributed by atoms with Crippen LogP contribution in [0.2, 0.25) is 0 Å². The van der Waals surface area contributed by atoms with E-state index in [1.165, 1.54) is 48.5 Å². The lowest BCUT2D eigenvalue weighted by Gasteiger charge is -2.17. The molecule has 6 nitrogen and oxygen atoms in total. The number of anilines is 2. The second-order valence-corrected chi connectivity index (χ2v) is 8.61. The molecule has 0 saturated carbocycles. The summed E-state index contributed by atoms with van der Waals surface area (Å²) < 4.78 is 46.7. The van der Waals surface area contributed by atoms with Gasteiger partial charge in [-0.25, -0.2) is 12.8 Å². The van der Waals surface area contributed by atoms with Gasteiger partial charge in [-0.05, 0) is 61.9 Å². The summed E-state index contributed by atoms with van der Waals surface area (Å²) in [5, 5.41) is 2.72. The standard InChI is InChI=1S/C23H23FN2O4S/c1-3-22(30-18-12-8-16(2)9-13-18)23(27)25-17-10-14-19(15-11-17)31(28,29)26-21-7-5-4-6-20(21)24/h4-15,22,26H,3H2,1-2H3,(H,25,27)/t22-/m1/s1. The number of carbonyl (C=O) groups excluding carboxylic acids is 1. The number of halogens is 1. The van der Waals surface area contributed by atoms with E-state index in [-0.39, 0.29) is 16.5 Å². The highest BCUT2D eigenvalue weighted by Crippen LogP contribution is 2.21. The monoisotopic (exact) mass is 442 g/mol. The number of nitrogens with one attached hydrogen (secondary N) is 2. The highest BCUT2D eigenvalue weighted by molar-refractivity contribution is 7.92. The number of hydrogen-bond acceptors (Lipinski definition) is 4. The molecule has 0 spiro atoms. The summed E-state index contributed by atoms with van der Waals surface area (Å²) in [5.74, 6) is -0.425. The fraction of sp³-hybridized carbons (Fsp3) is 0.174. The molecule has 162 valence electrons. The van der Waals surface area contributed by atoms with Gasteiger partial charge >= 0.3 is 0 Å². The second kappa shape index (κ2) is 9.61. The summed E-state index contributed by atoms with van der Waals surface area (Å²) >= 11 is 0. The van der Waals surface area contributed by atoms with E-state index in [4.69, 9.17) is 4.74 Å². The van der Waals surface area contributed by atoms with Gasteiger partial charge in [0.15, 0.2) is 6.10 Å². The van der Waals surface area contributed by atoms with Crippen molar-refractivity contribution in [2.45, 2.75) is 31.3 Å². The average Bonchev–Trinajstić information content (AvgIpc) is 2.75. The lowest BCUT2D eigenvalue weighted by atomic mass is 10.2. The molecule has 0 unspecified atom stereocenters. The number of hydrogen-bond donors (Lipinski definition) is 2. The van der Waals surface area contributed by atoms with Crippen molar-refractivity contribution in [2.75, 3.05) is 10.0 Å². The van der Waals surface area contributed by atoms with E-state index in [1.807, 2.05) is 26.0 Å². The number of amides is 1. The number of ether oxygens (including phenoxy) is 1. The van der Waals surface area contributed by atoms with Crippen molar-refractivity contribution in [2.24, 2.45) is 0 Å². The van der Waals surface area contributed by atoms with Crippen LogP contribution in [0.4, 0.5) is 15.8 Å². The van der Waals surface area contributed by atoms with Crippen molar-refractivity contribution in [1.82, 2.24) is 0 Å². The minimum Gasteiger partial charge on any atom is -0.481 e. The molecule has 3 aromatic rings. The summed E-state index contributed by atoms with van der Waals surface area (Å²) in [7, 11) is -3.97. The van der Waals surface area contributed by atoms with Crippen LogP contribution in [0.5, 0.6) is 5.75 Å². The van der Waals surface area contributed by atoms with Crippen LogP contribution in [-0.2, 0) is 14.8 Å². The highest BCUT2D eigenvalue weighted by atomic mass is 32.2. The third kappa shape index (κ3) is 5.82. The summed E-state index contributed by atoms with van der Waals surface area (Å²) in [6.07, 6.45) is -0.243. The van der Waals surface area contributed by atoms with E-state index >= 15 is 0 Å². The number of rotatable bonds is 8. The van der Waals surface area contributed by atoms with Crippen molar-refractivity contribution in [3.63, 3.8) is 0 Å². The lowest BCUT2D eigenvalue weighted by Crippen LogP contribution is -2.32. The molecule has 3 aromatic carbocycles. The Hall–Kier alpha value is -3.39. The summed E-state index contributed by atoms with van der Waals surface area (Å²) in [6, 6.07) is 18.5. The zero-order chi connectivity index (χ0) is 22.4. The predicted molar refractivity (Wildman–Crippen MR) is 118 cm³/mol. The van der Waals surface area contributed by atoms with Crippen molar-refractivity contribution >= 4 is 27.3 Å². The first kappa shape index (κ1) is 22.3. The summed E-state index contributed by atoms with van der Waals surface area (Å²) in [4.78, 5) is 12.5. The van der Waals surface area contributed by atoms with Crippen LogP contribution in [0.15, 0.2) is 77.7 Å². The maximum atomic E-state index is 13.7. The lowest BCUT2D eigenvalue weighted by molar-refractivity contribution is -0.122. The van der Waals surface area contributed by atoms with Gasteiger partial charge < -0.3 is 10.1 Å². The third-order valence-corrected chi connectivity index (χ3v) is 5.89. The van der Waals surface area contributed by atoms with Crippen LogP contribution in [0.3, 0.4) is 0 Å². The average molecular weight is 443 g/mol. The molecule has 2 N–H and O–H groups in total. The Kier molecular flexibility index (Phi) is 6.91. The van der Waals surface area contributed by atoms with Gasteiger partial charge in [0.1, 0.15) is 11.6 Å². The molecule has 0 fully saturated rings. The summed E-state index contributed by atoms with van der Waals surface area (Å²) in [6.45, 7) is 3.80. The zero-order valence-corrected chi connectivity index (χ0v) is 17.9. The molecular weight excluding hydrogens is 419 g/mol. The van der Waals surface area contributed by atoms with Crippen molar-refractivity contribution < 1.29 is 22.3 Å². The van der Waals surface area contributed by atoms with Crippen LogP contribution in [0, 0.1) is 12.7 Å². The summed E-state index contributed by atoms with van der Waals surface area (Å²) in [5.41, 5.74) is 1.36. The largest absolute Gasteiger partial charge is 0.481 e. The molecule has 0 bridgehead atoms. The minimum absolute atomic E-state index is 0.0586. The Labute approximate surface area is 181 Å². The van der Waals surface area contributed by atoms with Gasteiger partial charge in [-0.1, -0.05) is 36.8 Å². The van der Waals surface area contributed by atoms with E-state index in [0.29, 0.717) is 17.9 Å². The number of sulfonamides is 1. The van der Waals surface area contributed by atoms with E-state index in [0.717, 1.165) is 5.56 Å². The number of aryl methyl sites for hydroxylation is 1. The van der Waals surface area contributed by atoms with E-state index in [9.17, 15) is 17.6 Å². The molecular formula is C23H23FN2O4S. The van der Waals surface area contributed by atoms with Gasteiger partial charge in [0.25, 0.3) is 15.9 Å². The van der Waals surface area contributed by atoms with E-state index < -0.39 is 21.9 Å². The molecule has 0 aliphatic heterocycles. The minimum atomic E-state index is -3.97. The SMILES string of the molecule is CC[C@@H](Oc1ccc(C)cc1)C(=O)Nc1ccc(S(=O)(=O)Nc2ccccc2F)cc1. The van der Waals surface area contributed by atoms with Crippen LogP contribution >= 0.6 is 0 Å². The van der Waals surface area contributed by atoms with Gasteiger partial charge in [-0.15, -0.1) is 0 Å². The fourth-order valence-electron chi connectivity index (χ4n) is 2.79. The van der Waals surface area contributed by atoms with Crippen LogP contribution in [0.1, 0.15) is 18.9 Å². The molecule has 0 aromatic heterocycles. The maximum Gasteiger partial charge on any atom is 0.265 e. The quantitative estimate of drug-likeness (QED) is 0.528. The first-order chi connectivity index (χ1) is 14.8. The number of carbonyl (C=O) groups is 1. The fourth-order valence-corrected chi connectivity index (χ4v) is 3.86. The Morgan fingerprint density at radius 3 is 2.26 bits per heavy atom. The Morgan fingerprint density at radius 2 is 1.65 bits per heavy atom. The molecule has 31 heavy (non-hydrogen) atoms. The van der Waals surface area contributed by atoms with Gasteiger partial charge in [-0.2, -0.15) is 0 Å². The molecule has 8 heteroatoms.